The number of rotatable bonds is 6. The van der Waals surface area contributed by atoms with E-state index in [2.05, 4.69) is 4.98 Å². The number of carbonyl (C=O) groups is 1. The molecule has 2 heterocycles. The van der Waals surface area contributed by atoms with Crippen molar-refractivity contribution in [2.24, 2.45) is 0 Å². The number of fused-ring (bicyclic) bond motifs is 1. The Morgan fingerprint density at radius 2 is 1.90 bits per heavy atom. The van der Waals surface area contributed by atoms with Gasteiger partial charge in [-0.05, 0) is 48.0 Å². The highest BCUT2D eigenvalue weighted by Gasteiger charge is 2.23. The first-order chi connectivity index (χ1) is 14.6. The summed E-state index contributed by atoms with van der Waals surface area (Å²) in [5, 5.41) is 1.09. The highest BCUT2D eigenvalue weighted by Crippen LogP contribution is 2.39. The van der Waals surface area contributed by atoms with Crippen molar-refractivity contribution >= 4 is 44.2 Å². The van der Waals surface area contributed by atoms with Crippen LogP contribution in [0.3, 0.4) is 0 Å². The third kappa shape index (κ3) is 3.94. The Balaban J connectivity index is 1.79. The monoisotopic (exact) mass is 439 g/mol. The standard InChI is InChI=1S/C22H18ClN3O3S/c1-28-16-7-5-15(6-8-16)21(27)26(13-14-4-3-11-24-12-14)22-25-19-18(29-2)10-9-17(23)20(19)30-22/h3-12H,13H2,1-2H3. The van der Waals surface area contributed by atoms with Crippen LogP contribution < -0.4 is 14.4 Å². The Morgan fingerprint density at radius 1 is 1.10 bits per heavy atom. The lowest BCUT2D eigenvalue weighted by Gasteiger charge is -2.20. The molecule has 152 valence electrons. The van der Waals surface area contributed by atoms with E-state index in [9.17, 15) is 4.79 Å². The van der Waals surface area contributed by atoms with Crippen molar-refractivity contribution in [3.8, 4) is 11.5 Å². The molecular formula is C22H18ClN3O3S. The van der Waals surface area contributed by atoms with Crippen molar-refractivity contribution in [2.45, 2.75) is 6.54 Å². The second-order valence-corrected chi connectivity index (χ2v) is 7.79. The summed E-state index contributed by atoms with van der Waals surface area (Å²) in [4.78, 5) is 23.9. The number of methoxy groups -OCH3 is 2. The topological polar surface area (TPSA) is 64.5 Å². The van der Waals surface area contributed by atoms with Crippen LogP contribution in [-0.4, -0.2) is 30.1 Å². The van der Waals surface area contributed by atoms with E-state index in [-0.39, 0.29) is 5.91 Å². The number of aromatic nitrogens is 2. The minimum absolute atomic E-state index is 0.185. The molecule has 0 unspecified atom stereocenters. The normalized spacial score (nSPS) is 10.8. The molecule has 0 aliphatic carbocycles. The number of benzene rings is 2. The molecule has 0 fully saturated rings. The van der Waals surface area contributed by atoms with Crippen molar-refractivity contribution in [3.63, 3.8) is 0 Å². The lowest BCUT2D eigenvalue weighted by atomic mass is 10.2. The summed E-state index contributed by atoms with van der Waals surface area (Å²) in [6, 6.07) is 14.3. The maximum atomic E-state index is 13.4. The van der Waals surface area contributed by atoms with Gasteiger partial charge >= 0.3 is 0 Å². The van der Waals surface area contributed by atoms with Gasteiger partial charge in [-0.25, -0.2) is 4.98 Å². The molecular weight excluding hydrogens is 422 g/mol. The first-order valence-electron chi connectivity index (χ1n) is 9.08. The van der Waals surface area contributed by atoms with Gasteiger partial charge in [-0.1, -0.05) is 29.0 Å². The molecule has 0 atom stereocenters. The van der Waals surface area contributed by atoms with Crippen molar-refractivity contribution in [2.75, 3.05) is 19.1 Å². The van der Waals surface area contributed by atoms with Crippen LogP contribution in [0.4, 0.5) is 5.13 Å². The van der Waals surface area contributed by atoms with E-state index in [4.69, 9.17) is 26.1 Å². The number of halogens is 1. The molecule has 8 heteroatoms. The predicted molar refractivity (Wildman–Crippen MR) is 119 cm³/mol. The van der Waals surface area contributed by atoms with E-state index < -0.39 is 0 Å². The van der Waals surface area contributed by atoms with Crippen LogP contribution in [0, 0.1) is 0 Å². The van der Waals surface area contributed by atoms with Crippen LogP contribution in [0.2, 0.25) is 5.02 Å². The maximum absolute atomic E-state index is 13.4. The largest absolute Gasteiger partial charge is 0.497 e. The fourth-order valence-electron chi connectivity index (χ4n) is 3.01. The van der Waals surface area contributed by atoms with E-state index in [1.54, 1.807) is 67.9 Å². The maximum Gasteiger partial charge on any atom is 0.260 e. The first-order valence-corrected chi connectivity index (χ1v) is 10.3. The van der Waals surface area contributed by atoms with Gasteiger partial charge in [0.25, 0.3) is 5.91 Å². The molecule has 2 aromatic heterocycles. The average Bonchev–Trinajstić information content (AvgIpc) is 3.24. The molecule has 0 spiro atoms. The number of ether oxygens (including phenoxy) is 2. The van der Waals surface area contributed by atoms with Gasteiger partial charge in [0, 0.05) is 18.0 Å². The van der Waals surface area contributed by atoms with Crippen molar-refractivity contribution < 1.29 is 14.3 Å². The first kappa shape index (κ1) is 20.1. The smallest absolute Gasteiger partial charge is 0.260 e. The second-order valence-electron chi connectivity index (χ2n) is 6.40. The van der Waals surface area contributed by atoms with E-state index in [1.807, 2.05) is 12.1 Å². The Hall–Kier alpha value is -3.16. The number of anilines is 1. The minimum Gasteiger partial charge on any atom is -0.497 e. The number of hydrogen-bond acceptors (Lipinski definition) is 6. The fraction of sp³-hybridized carbons (Fsp3) is 0.136. The van der Waals surface area contributed by atoms with Crippen molar-refractivity contribution in [1.29, 1.82) is 0 Å². The summed E-state index contributed by atoms with van der Waals surface area (Å²) in [6.45, 7) is 0.318. The van der Waals surface area contributed by atoms with Crippen LogP contribution in [-0.2, 0) is 6.54 Å². The predicted octanol–water partition coefficient (Wildman–Crippen LogP) is 5.21. The average molecular weight is 440 g/mol. The van der Waals surface area contributed by atoms with Gasteiger partial charge in [-0.2, -0.15) is 0 Å². The highest BCUT2D eigenvalue weighted by molar-refractivity contribution is 7.23. The summed E-state index contributed by atoms with van der Waals surface area (Å²) < 4.78 is 11.4. The number of carbonyl (C=O) groups excluding carboxylic acids is 1. The summed E-state index contributed by atoms with van der Waals surface area (Å²) in [5.41, 5.74) is 2.04. The Morgan fingerprint density at radius 3 is 2.57 bits per heavy atom. The number of amides is 1. The molecule has 0 aliphatic rings. The lowest BCUT2D eigenvalue weighted by Crippen LogP contribution is -2.30. The second kappa shape index (κ2) is 8.69. The van der Waals surface area contributed by atoms with Crippen molar-refractivity contribution in [3.05, 3.63) is 77.1 Å². The van der Waals surface area contributed by atoms with Crippen LogP contribution >= 0.6 is 22.9 Å². The summed E-state index contributed by atoms with van der Waals surface area (Å²) >= 11 is 7.73. The molecule has 0 aliphatic heterocycles. The van der Waals surface area contributed by atoms with Gasteiger partial charge in [0.1, 0.15) is 17.0 Å². The van der Waals surface area contributed by atoms with E-state index in [1.165, 1.54) is 11.3 Å². The molecule has 2 aromatic carbocycles. The van der Waals surface area contributed by atoms with Crippen molar-refractivity contribution in [1.82, 2.24) is 9.97 Å². The summed E-state index contributed by atoms with van der Waals surface area (Å²) in [5.74, 6) is 1.10. The molecule has 0 saturated carbocycles. The molecule has 0 saturated heterocycles. The number of pyridine rings is 1. The quantitative estimate of drug-likeness (QED) is 0.412. The number of nitrogens with zero attached hydrogens (tertiary/aromatic N) is 3. The molecule has 4 aromatic rings. The molecule has 1 amide bonds. The third-order valence-electron chi connectivity index (χ3n) is 4.54. The molecule has 0 N–H and O–H groups in total. The summed E-state index contributed by atoms with van der Waals surface area (Å²) in [6.07, 6.45) is 3.43. The molecule has 0 bridgehead atoms. The van der Waals surface area contributed by atoms with Gasteiger partial charge < -0.3 is 9.47 Å². The van der Waals surface area contributed by atoms with E-state index >= 15 is 0 Å². The van der Waals surface area contributed by atoms with Gasteiger partial charge in [-0.3, -0.25) is 14.7 Å². The van der Waals surface area contributed by atoms with Gasteiger partial charge in [0.2, 0.25) is 0 Å². The Kier molecular flexibility index (Phi) is 5.83. The minimum atomic E-state index is -0.185. The molecule has 4 rings (SSSR count). The highest BCUT2D eigenvalue weighted by atomic mass is 35.5. The van der Waals surface area contributed by atoms with Crippen LogP contribution in [0.1, 0.15) is 15.9 Å². The number of thiazole rings is 1. The van der Waals surface area contributed by atoms with Crippen LogP contribution in [0.15, 0.2) is 60.9 Å². The van der Waals surface area contributed by atoms with Gasteiger partial charge in [-0.15, -0.1) is 0 Å². The van der Waals surface area contributed by atoms with E-state index in [0.717, 1.165) is 10.3 Å². The summed E-state index contributed by atoms with van der Waals surface area (Å²) in [7, 11) is 3.17. The zero-order chi connectivity index (χ0) is 21.1. The SMILES string of the molecule is COc1ccc(C(=O)N(Cc2cccnc2)c2nc3c(OC)ccc(Cl)c3s2)cc1. The van der Waals surface area contributed by atoms with Crippen LogP contribution in [0.5, 0.6) is 11.5 Å². The van der Waals surface area contributed by atoms with Gasteiger partial charge in [0.05, 0.1) is 30.5 Å². The zero-order valence-electron chi connectivity index (χ0n) is 16.3. The zero-order valence-corrected chi connectivity index (χ0v) is 17.9. The third-order valence-corrected chi connectivity index (χ3v) is 6.08. The van der Waals surface area contributed by atoms with Crippen LogP contribution in [0.25, 0.3) is 10.2 Å². The molecule has 30 heavy (non-hydrogen) atoms. The number of hydrogen-bond donors (Lipinski definition) is 0. The van der Waals surface area contributed by atoms with Gasteiger partial charge in [0.15, 0.2) is 5.13 Å². The fourth-order valence-corrected chi connectivity index (χ4v) is 4.27. The Labute approximate surface area is 182 Å². The molecule has 6 nitrogen and oxygen atoms in total. The lowest BCUT2D eigenvalue weighted by molar-refractivity contribution is 0.0985. The molecule has 0 radical (unpaired) electrons. The van der Waals surface area contributed by atoms with E-state index in [0.29, 0.717) is 39.3 Å². The Bertz CT molecular complexity index is 1180.